The number of halogens is 2. The second-order valence-electron chi connectivity index (χ2n) is 3.22. The van der Waals surface area contributed by atoms with E-state index >= 15 is 0 Å². The van der Waals surface area contributed by atoms with E-state index in [0.717, 1.165) is 0 Å². The molecule has 0 saturated heterocycles. The SMILES string of the molecule is Cc1nn(C)c(C)c1OC(F)(F)C(=O)NN. The Bertz CT molecular complexity index is 416. The van der Waals surface area contributed by atoms with Crippen molar-refractivity contribution in [2.45, 2.75) is 20.0 Å². The van der Waals surface area contributed by atoms with Crippen molar-refractivity contribution in [1.29, 1.82) is 0 Å². The monoisotopic (exact) mass is 234 g/mol. The van der Waals surface area contributed by atoms with Crippen LogP contribution in [0.15, 0.2) is 0 Å². The van der Waals surface area contributed by atoms with Crippen molar-refractivity contribution in [3.8, 4) is 5.75 Å². The molecule has 0 bridgehead atoms. The van der Waals surface area contributed by atoms with Gasteiger partial charge in [-0.15, -0.1) is 0 Å². The lowest BCUT2D eigenvalue weighted by atomic mass is 10.3. The van der Waals surface area contributed by atoms with Crippen molar-refractivity contribution in [2.24, 2.45) is 12.9 Å². The van der Waals surface area contributed by atoms with Crippen molar-refractivity contribution in [2.75, 3.05) is 0 Å². The molecule has 1 heterocycles. The highest BCUT2D eigenvalue weighted by atomic mass is 19.3. The number of nitrogens with two attached hydrogens (primary N) is 1. The first-order valence-electron chi connectivity index (χ1n) is 4.37. The van der Waals surface area contributed by atoms with Gasteiger partial charge in [0.05, 0.1) is 5.69 Å². The van der Waals surface area contributed by atoms with Gasteiger partial charge < -0.3 is 4.74 Å². The van der Waals surface area contributed by atoms with E-state index in [9.17, 15) is 13.6 Å². The van der Waals surface area contributed by atoms with E-state index in [2.05, 4.69) is 15.7 Å². The molecular formula is C8H12F2N4O2. The molecule has 1 aromatic heterocycles. The van der Waals surface area contributed by atoms with E-state index in [1.54, 1.807) is 14.0 Å². The highest BCUT2D eigenvalue weighted by molar-refractivity contribution is 5.81. The summed E-state index contributed by atoms with van der Waals surface area (Å²) in [4.78, 5) is 10.7. The summed E-state index contributed by atoms with van der Waals surface area (Å²) in [5.74, 6) is 2.77. The summed E-state index contributed by atoms with van der Waals surface area (Å²) >= 11 is 0. The molecule has 16 heavy (non-hydrogen) atoms. The smallest absolute Gasteiger partial charge is 0.421 e. The molecule has 0 aliphatic heterocycles. The lowest BCUT2D eigenvalue weighted by Gasteiger charge is -2.15. The molecule has 0 aliphatic rings. The molecule has 0 aromatic carbocycles. The molecule has 0 fully saturated rings. The van der Waals surface area contributed by atoms with Crippen LogP contribution in [0.4, 0.5) is 8.78 Å². The molecule has 0 spiro atoms. The van der Waals surface area contributed by atoms with Gasteiger partial charge in [-0.05, 0) is 13.8 Å². The van der Waals surface area contributed by atoms with E-state index in [1.807, 2.05) is 0 Å². The number of carbonyl (C=O) groups is 1. The molecule has 6 nitrogen and oxygen atoms in total. The van der Waals surface area contributed by atoms with E-state index in [4.69, 9.17) is 0 Å². The van der Waals surface area contributed by atoms with Gasteiger partial charge in [0.25, 0.3) is 0 Å². The van der Waals surface area contributed by atoms with Crippen LogP contribution in [0, 0.1) is 13.8 Å². The van der Waals surface area contributed by atoms with Gasteiger partial charge in [0.1, 0.15) is 5.69 Å². The normalized spacial score (nSPS) is 11.4. The first kappa shape index (κ1) is 12.4. The van der Waals surface area contributed by atoms with Gasteiger partial charge in [-0.25, -0.2) is 5.84 Å². The van der Waals surface area contributed by atoms with Crippen LogP contribution in [0.2, 0.25) is 0 Å². The van der Waals surface area contributed by atoms with Crippen molar-refractivity contribution < 1.29 is 18.3 Å². The van der Waals surface area contributed by atoms with Crippen LogP contribution in [0.1, 0.15) is 11.4 Å². The summed E-state index contributed by atoms with van der Waals surface area (Å²) in [7, 11) is 1.58. The van der Waals surface area contributed by atoms with Crippen LogP contribution in [-0.4, -0.2) is 21.8 Å². The van der Waals surface area contributed by atoms with E-state index in [-0.39, 0.29) is 11.4 Å². The number of ether oxygens (including phenoxy) is 1. The summed E-state index contributed by atoms with van der Waals surface area (Å²) in [6, 6.07) is 0. The molecule has 0 aliphatic carbocycles. The summed E-state index contributed by atoms with van der Waals surface area (Å²) in [5.41, 5.74) is 1.99. The first-order chi connectivity index (χ1) is 7.29. The van der Waals surface area contributed by atoms with Crippen LogP contribution in [0.5, 0.6) is 5.75 Å². The second-order valence-corrected chi connectivity index (χ2v) is 3.22. The van der Waals surface area contributed by atoms with Crippen LogP contribution in [0.3, 0.4) is 0 Å². The zero-order chi connectivity index (χ0) is 12.5. The Morgan fingerprint density at radius 3 is 2.50 bits per heavy atom. The third-order valence-electron chi connectivity index (χ3n) is 2.07. The number of carbonyl (C=O) groups excluding carboxylic acids is 1. The fraction of sp³-hybridized carbons (Fsp3) is 0.500. The average Bonchev–Trinajstić information content (AvgIpc) is 2.43. The molecule has 90 valence electrons. The fourth-order valence-electron chi connectivity index (χ4n) is 1.16. The predicted octanol–water partition coefficient (Wildman–Crippen LogP) is -0.00156. The molecule has 1 rings (SSSR count). The Balaban J connectivity index is 3.00. The van der Waals surface area contributed by atoms with Gasteiger partial charge in [-0.2, -0.15) is 13.9 Å². The molecule has 0 unspecified atom stereocenters. The van der Waals surface area contributed by atoms with Gasteiger partial charge in [-0.1, -0.05) is 0 Å². The van der Waals surface area contributed by atoms with Crippen LogP contribution in [-0.2, 0) is 11.8 Å². The molecule has 1 amide bonds. The zero-order valence-electron chi connectivity index (χ0n) is 9.04. The lowest BCUT2D eigenvalue weighted by molar-refractivity contribution is -0.193. The third-order valence-corrected chi connectivity index (χ3v) is 2.07. The minimum atomic E-state index is -4.02. The molecule has 3 N–H and O–H groups in total. The second kappa shape index (κ2) is 4.05. The van der Waals surface area contributed by atoms with Gasteiger partial charge in [0.2, 0.25) is 0 Å². The topological polar surface area (TPSA) is 82.2 Å². The highest BCUT2D eigenvalue weighted by Crippen LogP contribution is 2.27. The maximum atomic E-state index is 13.1. The Morgan fingerprint density at radius 1 is 1.56 bits per heavy atom. The molecular weight excluding hydrogens is 222 g/mol. The maximum absolute atomic E-state index is 13.1. The van der Waals surface area contributed by atoms with Crippen LogP contribution < -0.4 is 16.0 Å². The Hall–Kier alpha value is -1.70. The van der Waals surface area contributed by atoms with Gasteiger partial charge in [-0.3, -0.25) is 14.9 Å². The van der Waals surface area contributed by atoms with Gasteiger partial charge in [0, 0.05) is 7.05 Å². The van der Waals surface area contributed by atoms with Crippen molar-refractivity contribution in [1.82, 2.24) is 15.2 Å². The Labute approximate surface area is 90.3 Å². The Kier molecular flexibility index (Phi) is 3.13. The number of rotatable bonds is 3. The number of nitrogens with one attached hydrogen (secondary N) is 1. The molecule has 0 saturated carbocycles. The molecule has 0 atom stereocenters. The predicted molar refractivity (Wildman–Crippen MR) is 50.6 cm³/mol. The number of nitrogens with zero attached hydrogens (tertiary/aromatic N) is 2. The van der Waals surface area contributed by atoms with E-state index < -0.39 is 12.0 Å². The standard InChI is InChI=1S/C8H12F2N4O2/c1-4-6(5(2)14(3)13-4)16-8(9,10)7(15)12-11/h11H2,1-3H3,(H,12,15). The zero-order valence-corrected chi connectivity index (χ0v) is 9.04. The highest BCUT2D eigenvalue weighted by Gasteiger charge is 2.43. The van der Waals surface area contributed by atoms with Crippen LogP contribution in [0.25, 0.3) is 0 Å². The van der Waals surface area contributed by atoms with Crippen molar-refractivity contribution in [3.63, 3.8) is 0 Å². The quantitative estimate of drug-likeness (QED) is 0.438. The summed E-state index contributed by atoms with van der Waals surface area (Å²) in [6.45, 7) is 3.05. The number of aromatic nitrogens is 2. The maximum Gasteiger partial charge on any atom is 0.483 e. The Morgan fingerprint density at radius 2 is 2.12 bits per heavy atom. The van der Waals surface area contributed by atoms with Gasteiger partial charge in [0.15, 0.2) is 5.75 Å². The molecule has 8 heteroatoms. The molecule has 1 aromatic rings. The summed E-state index contributed by atoms with van der Waals surface area (Å²) in [6.07, 6.45) is -4.02. The first-order valence-corrected chi connectivity index (χ1v) is 4.37. The summed E-state index contributed by atoms with van der Waals surface area (Å²) in [5, 5.41) is 3.88. The largest absolute Gasteiger partial charge is 0.483 e. The average molecular weight is 234 g/mol. The minimum Gasteiger partial charge on any atom is -0.421 e. The van der Waals surface area contributed by atoms with E-state index in [0.29, 0.717) is 5.69 Å². The van der Waals surface area contributed by atoms with Crippen molar-refractivity contribution >= 4 is 5.91 Å². The fourth-order valence-corrected chi connectivity index (χ4v) is 1.16. The number of hydrazine groups is 1. The number of amides is 1. The van der Waals surface area contributed by atoms with Gasteiger partial charge >= 0.3 is 12.0 Å². The van der Waals surface area contributed by atoms with E-state index in [1.165, 1.54) is 17.0 Å². The lowest BCUT2D eigenvalue weighted by Crippen LogP contribution is -2.47. The number of alkyl halides is 2. The number of aryl methyl sites for hydroxylation is 2. The van der Waals surface area contributed by atoms with Crippen LogP contribution >= 0.6 is 0 Å². The number of hydrogen-bond acceptors (Lipinski definition) is 4. The summed E-state index contributed by atoms with van der Waals surface area (Å²) < 4.78 is 31.9. The number of hydrogen-bond donors (Lipinski definition) is 2. The molecule has 0 radical (unpaired) electrons. The van der Waals surface area contributed by atoms with Crippen molar-refractivity contribution in [3.05, 3.63) is 11.4 Å². The third kappa shape index (κ3) is 2.11. The minimum absolute atomic E-state index is 0.129.